The monoisotopic (exact) mass is 284 g/mol. The molecule has 0 radical (unpaired) electrons. The fraction of sp³-hybridized carbons (Fsp3) is 0.579. The van der Waals surface area contributed by atoms with Gasteiger partial charge in [-0.2, -0.15) is 0 Å². The normalized spacial score (nSPS) is 41.3. The number of hydrogen-bond acceptors (Lipinski definition) is 2. The number of rotatable bonds is 0. The summed E-state index contributed by atoms with van der Waals surface area (Å²) in [7, 11) is 0. The van der Waals surface area contributed by atoms with Crippen molar-refractivity contribution in [3.8, 4) is 5.75 Å². The van der Waals surface area contributed by atoms with Gasteiger partial charge in [0.1, 0.15) is 5.75 Å². The van der Waals surface area contributed by atoms with E-state index < -0.39 is 0 Å². The summed E-state index contributed by atoms with van der Waals surface area (Å²) in [4.78, 5) is 0. The van der Waals surface area contributed by atoms with Crippen molar-refractivity contribution >= 4 is 0 Å². The summed E-state index contributed by atoms with van der Waals surface area (Å²) in [5, 5.41) is 20.0. The second-order valence-electron chi connectivity index (χ2n) is 7.53. The van der Waals surface area contributed by atoms with Gasteiger partial charge < -0.3 is 10.2 Å². The standard InChI is InChI=1S/C19H24O2/c1-11-18(21)10-17-16-5-3-12-9-13(20)4-6-14(12)15(16)7-8-19(11,17)2/h4,6,9,15-18,20-21H,1,3,5,7-8,10H2,2H3/t15-,16-,17+,18-,19-/m1/s1. The molecule has 0 aromatic heterocycles. The number of fused-ring (bicyclic) bond motifs is 5. The molecular weight excluding hydrogens is 260 g/mol. The van der Waals surface area contributed by atoms with Gasteiger partial charge in [-0.15, -0.1) is 0 Å². The first-order chi connectivity index (χ1) is 10.0. The first-order valence-corrected chi connectivity index (χ1v) is 8.20. The molecule has 0 spiro atoms. The zero-order chi connectivity index (χ0) is 14.8. The Kier molecular flexibility index (Phi) is 2.78. The Bertz CT molecular complexity index is 606. The van der Waals surface area contributed by atoms with E-state index in [1.165, 1.54) is 24.0 Å². The Balaban J connectivity index is 1.73. The van der Waals surface area contributed by atoms with Crippen molar-refractivity contribution in [1.29, 1.82) is 0 Å². The lowest BCUT2D eigenvalue weighted by Gasteiger charge is -2.49. The van der Waals surface area contributed by atoms with E-state index in [0.717, 1.165) is 24.8 Å². The molecule has 0 amide bonds. The maximum absolute atomic E-state index is 10.3. The van der Waals surface area contributed by atoms with Crippen LogP contribution in [0.15, 0.2) is 30.4 Å². The van der Waals surface area contributed by atoms with E-state index in [9.17, 15) is 10.2 Å². The summed E-state index contributed by atoms with van der Waals surface area (Å²) < 4.78 is 0. The summed E-state index contributed by atoms with van der Waals surface area (Å²) in [5.74, 6) is 2.22. The van der Waals surface area contributed by atoms with E-state index in [1.807, 2.05) is 12.1 Å². The van der Waals surface area contributed by atoms with Crippen LogP contribution in [-0.4, -0.2) is 16.3 Å². The third-order valence-electron chi connectivity index (χ3n) is 6.71. The number of phenolic OH excluding ortho intramolecular Hbond substituents is 1. The third-order valence-corrected chi connectivity index (χ3v) is 6.71. The first-order valence-electron chi connectivity index (χ1n) is 8.20. The van der Waals surface area contributed by atoms with Crippen molar-refractivity contribution in [3.05, 3.63) is 41.5 Å². The molecule has 2 N–H and O–H groups in total. The van der Waals surface area contributed by atoms with E-state index in [0.29, 0.717) is 23.5 Å². The molecule has 4 rings (SSSR count). The molecule has 2 saturated carbocycles. The average molecular weight is 284 g/mol. The molecule has 1 aromatic carbocycles. The van der Waals surface area contributed by atoms with Crippen LogP contribution in [0.5, 0.6) is 5.75 Å². The summed E-state index contributed by atoms with van der Waals surface area (Å²) in [6.45, 7) is 6.52. The van der Waals surface area contributed by atoms with Crippen LogP contribution in [0.4, 0.5) is 0 Å². The molecule has 0 bridgehead atoms. The van der Waals surface area contributed by atoms with Crippen LogP contribution in [0.25, 0.3) is 0 Å². The van der Waals surface area contributed by atoms with Gasteiger partial charge in [0, 0.05) is 0 Å². The predicted molar refractivity (Wildman–Crippen MR) is 83.3 cm³/mol. The molecule has 0 saturated heterocycles. The highest BCUT2D eigenvalue weighted by molar-refractivity contribution is 5.41. The van der Waals surface area contributed by atoms with Crippen molar-refractivity contribution in [1.82, 2.24) is 0 Å². The lowest BCUT2D eigenvalue weighted by molar-refractivity contribution is 0.0783. The summed E-state index contributed by atoms with van der Waals surface area (Å²) >= 11 is 0. The van der Waals surface area contributed by atoms with Crippen LogP contribution in [0.1, 0.15) is 49.7 Å². The zero-order valence-electron chi connectivity index (χ0n) is 12.7. The van der Waals surface area contributed by atoms with Gasteiger partial charge in [-0.05, 0) is 84.1 Å². The molecule has 3 aliphatic carbocycles. The Morgan fingerprint density at radius 2 is 2.10 bits per heavy atom. The fourth-order valence-electron chi connectivity index (χ4n) is 5.49. The maximum atomic E-state index is 10.3. The van der Waals surface area contributed by atoms with Crippen LogP contribution < -0.4 is 0 Å². The predicted octanol–water partition coefficient (Wildman–Crippen LogP) is 3.78. The van der Waals surface area contributed by atoms with Gasteiger partial charge in [-0.25, -0.2) is 0 Å². The Hall–Kier alpha value is -1.28. The SMILES string of the molecule is C=C1[C@H](O)C[C@H]2[C@@H]3CCc4cc(O)ccc4[C@H]3CC[C@]12C. The minimum Gasteiger partial charge on any atom is -0.508 e. The van der Waals surface area contributed by atoms with Crippen LogP contribution in [-0.2, 0) is 6.42 Å². The van der Waals surface area contributed by atoms with Crippen molar-refractivity contribution < 1.29 is 10.2 Å². The van der Waals surface area contributed by atoms with Crippen molar-refractivity contribution in [2.45, 2.75) is 51.0 Å². The van der Waals surface area contributed by atoms with E-state index in [2.05, 4.69) is 19.6 Å². The minimum atomic E-state index is -0.306. The highest BCUT2D eigenvalue weighted by atomic mass is 16.3. The molecule has 0 heterocycles. The van der Waals surface area contributed by atoms with Gasteiger partial charge in [0.15, 0.2) is 0 Å². The smallest absolute Gasteiger partial charge is 0.115 e. The van der Waals surface area contributed by atoms with Crippen LogP contribution in [0, 0.1) is 17.3 Å². The minimum absolute atomic E-state index is 0.134. The summed E-state index contributed by atoms with van der Waals surface area (Å²) in [6, 6.07) is 5.91. The van der Waals surface area contributed by atoms with Gasteiger partial charge in [0.25, 0.3) is 0 Å². The van der Waals surface area contributed by atoms with Crippen molar-refractivity contribution in [2.75, 3.05) is 0 Å². The van der Waals surface area contributed by atoms with Gasteiger partial charge in [-0.1, -0.05) is 19.6 Å². The molecule has 0 aliphatic heterocycles. The highest BCUT2D eigenvalue weighted by Gasteiger charge is 2.54. The molecular formula is C19H24O2. The molecule has 5 atom stereocenters. The quantitative estimate of drug-likeness (QED) is 0.712. The van der Waals surface area contributed by atoms with Gasteiger partial charge >= 0.3 is 0 Å². The molecule has 1 aromatic rings. The molecule has 2 heteroatoms. The molecule has 2 fully saturated rings. The molecule has 0 unspecified atom stereocenters. The number of aryl methyl sites for hydroxylation is 1. The number of hydrogen-bond donors (Lipinski definition) is 2. The van der Waals surface area contributed by atoms with Crippen LogP contribution in [0.3, 0.4) is 0 Å². The molecule has 2 nitrogen and oxygen atoms in total. The Labute approximate surface area is 126 Å². The van der Waals surface area contributed by atoms with Crippen LogP contribution >= 0.6 is 0 Å². The molecule has 21 heavy (non-hydrogen) atoms. The summed E-state index contributed by atoms with van der Waals surface area (Å²) in [6.07, 6.45) is 5.14. The molecule has 112 valence electrons. The Morgan fingerprint density at radius 3 is 2.90 bits per heavy atom. The van der Waals surface area contributed by atoms with E-state index >= 15 is 0 Å². The maximum Gasteiger partial charge on any atom is 0.115 e. The Morgan fingerprint density at radius 1 is 1.29 bits per heavy atom. The number of aliphatic hydroxyl groups excluding tert-OH is 1. The largest absolute Gasteiger partial charge is 0.508 e. The second kappa shape index (κ2) is 4.36. The van der Waals surface area contributed by atoms with Gasteiger partial charge in [0.05, 0.1) is 6.10 Å². The highest BCUT2D eigenvalue weighted by Crippen LogP contribution is 2.62. The van der Waals surface area contributed by atoms with Crippen molar-refractivity contribution in [3.63, 3.8) is 0 Å². The van der Waals surface area contributed by atoms with E-state index in [1.54, 1.807) is 0 Å². The third kappa shape index (κ3) is 1.75. The number of phenols is 1. The number of aromatic hydroxyl groups is 1. The van der Waals surface area contributed by atoms with Gasteiger partial charge in [-0.3, -0.25) is 0 Å². The lowest BCUT2D eigenvalue weighted by atomic mass is 9.55. The van der Waals surface area contributed by atoms with E-state index in [4.69, 9.17) is 0 Å². The van der Waals surface area contributed by atoms with E-state index in [-0.39, 0.29) is 11.5 Å². The average Bonchev–Trinajstić information content (AvgIpc) is 2.70. The number of aliphatic hydroxyl groups is 1. The zero-order valence-corrected chi connectivity index (χ0v) is 12.7. The molecule has 3 aliphatic rings. The first kappa shape index (κ1) is 13.4. The summed E-state index contributed by atoms with van der Waals surface area (Å²) in [5.41, 5.74) is 3.98. The number of benzene rings is 1. The second-order valence-corrected chi connectivity index (χ2v) is 7.53. The lowest BCUT2D eigenvalue weighted by Crippen LogP contribution is -2.40. The van der Waals surface area contributed by atoms with Crippen LogP contribution in [0.2, 0.25) is 0 Å². The topological polar surface area (TPSA) is 40.5 Å². The van der Waals surface area contributed by atoms with Gasteiger partial charge in [0.2, 0.25) is 0 Å². The van der Waals surface area contributed by atoms with Crippen molar-refractivity contribution in [2.24, 2.45) is 17.3 Å². The fourth-order valence-corrected chi connectivity index (χ4v) is 5.49.